The Hall–Kier alpha value is -3.15. The number of carbonyl (C=O) groups is 3. The molecule has 0 saturated carbocycles. The molecule has 164 valence electrons. The molecule has 0 radical (unpaired) electrons. The van der Waals surface area contributed by atoms with E-state index in [-0.39, 0.29) is 31.4 Å². The van der Waals surface area contributed by atoms with Crippen molar-refractivity contribution in [2.24, 2.45) is 5.92 Å². The second-order valence-electron chi connectivity index (χ2n) is 8.01. The molecule has 31 heavy (non-hydrogen) atoms. The third-order valence-electron chi connectivity index (χ3n) is 5.71. The maximum Gasteiger partial charge on any atom is 0.311 e. The number of para-hydroxylation sites is 1. The van der Waals surface area contributed by atoms with Crippen molar-refractivity contribution in [2.45, 2.75) is 47.0 Å². The Bertz CT molecular complexity index is 977. The molecular weight excluding hydrogens is 392 g/mol. The van der Waals surface area contributed by atoms with Crippen molar-refractivity contribution in [1.82, 2.24) is 0 Å². The molecule has 1 aliphatic heterocycles. The number of benzene rings is 2. The van der Waals surface area contributed by atoms with Crippen LogP contribution in [0.5, 0.6) is 0 Å². The van der Waals surface area contributed by atoms with E-state index in [2.05, 4.69) is 5.32 Å². The number of esters is 1. The molecule has 0 spiro atoms. The standard InChI is InChI=1S/C25H30N2O4/c1-5-18-8-7-9-19(6-2)24(18)26-22(28)15-31-25(30)20-13-23(29)27(14-20)21-11-10-16(3)12-17(21)4/h7-12,20H,5-6,13-15H2,1-4H3,(H,26,28)/t20-/m0/s1. The van der Waals surface area contributed by atoms with E-state index < -0.39 is 11.9 Å². The lowest BCUT2D eigenvalue weighted by molar-refractivity contribution is -0.151. The van der Waals surface area contributed by atoms with Gasteiger partial charge >= 0.3 is 5.97 Å². The second-order valence-corrected chi connectivity index (χ2v) is 8.01. The molecule has 6 heteroatoms. The van der Waals surface area contributed by atoms with Gasteiger partial charge in [0.1, 0.15) is 0 Å². The smallest absolute Gasteiger partial charge is 0.311 e. The lowest BCUT2D eigenvalue weighted by atomic mass is 10.0. The second kappa shape index (κ2) is 9.77. The van der Waals surface area contributed by atoms with Crippen molar-refractivity contribution in [2.75, 3.05) is 23.4 Å². The summed E-state index contributed by atoms with van der Waals surface area (Å²) in [6.07, 6.45) is 1.68. The number of nitrogens with one attached hydrogen (secondary N) is 1. The van der Waals surface area contributed by atoms with Crippen molar-refractivity contribution in [1.29, 1.82) is 0 Å². The van der Waals surface area contributed by atoms with Gasteiger partial charge in [-0.3, -0.25) is 14.4 Å². The van der Waals surface area contributed by atoms with Crippen molar-refractivity contribution in [3.05, 3.63) is 58.7 Å². The molecular formula is C25H30N2O4. The lowest BCUT2D eigenvalue weighted by Crippen LogP contribution is -2.28. The Morgan fingerprint density at radius 3 is 2.39 bits per heavy atom. The third kappa shape index (κ3) is 5.13. The topological polar surface area (TPSA) is 75.7 Å². The largest absolute Gasteiger partial charge is 0.455 e. The first-order valence-corrected chi connectivity index (χ1v) is 10.8. The first-order chi connectivity index (χ1) is 14.8. The summed E-state index contributed by atoms with van der Waals surface area (Å²) in [5.41, 5.74) is 5.81. The molecule has 1 heterocycles. The molecule has 1 N–H and O–H groups in total. The van der Waals surface area contributed by atoms with Gasteiger partial charge in [0.15, 0.2) is 6.61 Å². The molecule has 6 nitrogen and oxygen atoms in total. The predicted molar refractivity (Wildman–Crippen MR) is 121 cm³/mol. The zero-order valence-electron chi connectivity index (χ0n) is 18.7. The number of rotatable bonds is 7. The molecule has 3 rings (SSSR count). The molecule has 1 fully saturated rings. The van der Waals surface area contributed by atoms with Crippen molar-refractivity contribution >= 4 is 29.2 Å². The van der Waals surface area contributed by atoms with E-state index in [0.717, 1.165) is 46.5 Å². The summed E-state index contributed by atoms with van der Waals surface area (Å²) in [7, 11) is 0. The number of aryl methyl sites for hydroxylation is 4. The van der Waals surface area contributed by atoms with Crippen LogP contribution in [0.1, 0.15) is 42.5 Å². The maximum atomic E-state index is 12.5. The van der Waals surface area contributed by atoms with Gasteiger partial charge in [-0.2, -0.15) is 0 Å². The Labute approximate surface area is 183 Å². The van der Waals surface area contributed by atoms with E-state index >= 15 is 0 Å². The summed E-state index contributed by atoms with van der Waals surface area (Å²) in [4.78, 5) is 39.1. The molecule has 0 unspecified atom stereocenters. The number of nitrogens with zero attached hydrogens (tertiary/aromatic N) is 1. The van der Waals surface area contributed by atoms with Crippen LogP contribution in [-0.4, -0.2) is 30.9 Å². The van der Waals surface area contributed by atoms with E-state index in [1.807, 2.05) is 64.1 Å². The van der Waals surface area contributed by atoms with E-state index in [0.29, 0.717) is 0 Å². The highest BCUT2D eigenvalue weighted by Gasteiger charge is 2.36. The monoisotopic (exact) mass is 422 g/mol. The Kier molecular flexibility index (Phi) is 7.10. The normalized spacial score (nSPS) is 15.8. The molecule has 0 bridgehead atoms. The first-order valence-electron chi connectivity index (χ1n) is 10.8. The van der Waals surface area contributed by atoms with E-state index in [1.54, 1.807) is 4.90 Å². The van der Waals surface area contributed by atoms with Crippen molar-refractivity contribution in [3.63, 3.8) is 0 Å². The minimum absolute atomic E-state index is 0.0897. The summed E-state index contributed by atoms with van der Waals surface area (Å²) in [5.74, 6) is -1.58. The Morgan fingerprint density at radius 2 is 1.77 bits per heavy atom. The molecule has 2 amide bonds. The van der Waals surface area contributed by atoms with E-state index in [4.69, 9.17) is 4.74 Å². The zero-order valence-corrected chi connectivity index (χ0v) is 18.7. The van der Waals surface area contributed by atoms with Gasteiger partial charge in [-0.05, 0) is 49.4 Å². The summed E-state index contributed by atoms with van der Waals surface area (Å²) in [6.45, 7) is 7.91. The van der Waals surface area contributed by atoms with E-state index in [9.17, 15) is 14.4 Å². The van der Waals surface area contributed by atoms with Gasteiger partial charge in [0, 0.05) is 24.3 Å². The fraction of sp³-hybridized carbons (Fsp3) is 0.400. The van der Waals surface area contributed by atoms with Gasteiger partial charge in [0.2, 0.25) is 5.91 Å². The average Bonchev–Trinajstić information content (AvgIpc) is 3.13. The summed E-state index contributed by atoms with van der Waals surface area (Å²) in [6, 6.07) is 11.8. The highest BCUT2D eigenvalue weighted by molar-refractivity contribution is 6.00. The maximum absolute atomic E-state index is 12.5. The van der Waals surface area contributed by atoms with Crippen molar-refractivity contribution < 1.29 is 19.1 Å². The number of carbonyl (C=O) groups excluding carboxylic acids is 3. The molecule has 0 aromatic heterocycles. The average molecular weight is 423 g/mol. The van der Waals surface area contributed by atoms with E-state index in [1.165, 1.54) is 0 Å². The molecule has 1 aliphatic rings. The van der Waals surface area contributed by atoms with Gasteiger partial charge in [-0.15, -0.1) is 0 Å². The van der Waals surface area contributed by atoms with Crippen LogP contribution in [0, 0.1) is 19.8 Å². The van der Waals surface area contributed by atoms with Crippen LogP contribution in [0.4, 0.5) is 11.4 Å². The van der Waals surface area contributed by atoms with Crippen LogP contribution in [0.2, 0.25) is 0 Å². The molecule has 1 atom stereocenters. The molecule has 1 saturated heterocycles. The third-order valence-corrected chi connectivity index (χ3v) is 5.71. The SMILES string of the molecule is CCc1cccc(CC)c1NC(=O)COC(=O)[C@H]1CC(=O)N(c2ccc(C)cc2C)C1. The zero-order chi connectivity index (χ0) is 22.5. The minimum atomic E-state index is -0.574. The van der Waals surface area contributed by atoms with Gasteiger partial charge in [0.25, 0.3) is 5.91 Å². The predicted octanol–water partition coefficient (Wildman–Crippen LogP) is 3.96. The van der Waals surface area contributed by atoms with Crippen LogP contribution < -0.4 is 10.2 Å². The van der Waals surface area contributed by atoms with Gasteiger partial charge in [0.05, 0.1) is 5.92 Å². The van der Waals surface area contributed by atoms with Crippen LogP contribution >= 0.6 is 0 Å². The van der Waals surface area contributed by atoms with Crippen LogP contribution in [-0.2, 0) is 32.0 Å². The number of anilines is 2. The Balaban J connectivity index is 1.59. The summed E-state index contributed by atoms with van der Waals surface area (Å²) < 4.78 is 5.26. The Morgan fingerprint density at radius 1 is 1.10 bits per heavy atom. The number of hydrogen-bond acceptors (Lipinski definition) is 4. The van der Waals surface area contributed by atoms with Crippen molar-refractivity contribution in [3.8, 4) is 0 Å². The van der Waals surface area contributed by atoms with Gasteiger partial charge < -0.3 is 15.0 Å². The van der Waals surface area contributed by atoms with Gasteiger partial charge in [-0.25, -0.2) is 0 Å². The fourth-order valence-electron chi connectivity index (χ4n) is 4.04. The van der Waals surface area contributed by atoms with Crippen LogP contribution in [0.15, 0.2) is 36.4 Å². The van der Waals surface area contributed by atoms with Crippen LogP contribution in [0.3, 0.4) is 0 Å². The molecule has 2 aromatic carbocycles. The quantitative estimate of drug-likeness (QED) is 0.685. The lowest BCUT2D eigenvalue weighted by Gasteiger charge is -2.19. The summed E-state index contributed by atoms with van der Waals surface area (Å²) >= 11 is 0. The highest BCUT2D eigenvalue weighted by Crippen LogP contribution is 2.29. The first kappa shape index (κ1) is 22.5. The number of amides is 2. The van der Waals surface area contributed by atoms with Gasteiger partial charge in [-0.1, -0.05) is 49.7 Å². The molecule has 2 aromatic rings. The summed E-state index contributed by atoms with van der Waals surface area (Å²) in [5, 5.41) is 2.89. The van der Waals surface area contributed by atoms with Crippen LogP contribution in [0.25, 0.3) is 0 Å². The minimum Gasteiger partial charge on any atom is -0.455 e. The number of ether oxygens (including phenoxy) is 1. The fourth-order valence-corrected chi connectivity index (χ4v) is 4.04. The number of hydrogen-bond donors (Lipinski definition) is 1. The highest BCUT2D eigenvalue weighted by atomic mass is 16.5. The molecule has 0 aliphatic carbocycles.